The Balaban J connectivity index is 2.15. The molecule has 1 heterocycles. The lowest BCUT2D eigenvalue weighted by molar-refractivity contribution is -0.384. The predicted molar refractivity (Wildman–Crippen MR) is 75.8 cm³/mol. The van der Waals surface area contributed by atoms with Gasteiger partial charge in [-0.1, -0.05) is 17.7 Å². The van der Waals surface area contributed by atoms with Crippen LogP contribution in [0.2, 0.25) is 5.02 Å². The zero-order chi connectivity index (χ0) is 14.3. The van der Waals surface area contributed by atoms with Gasteiger partial charge in [-0.2, -0.15) is 0 Å². The molecule has 0 N–H and O–H groups in total. The van der Waals surface area contributed by atoms with E-state index in [1.165, 1.54) is 12.1 Å². The van der Waals surface area contributed by atoms with E-state index in [1.807, 2.05) is 25.1 Å². The van der Waals surface area contributed by atoms with Gasteiger partial charge in [0.05, 0.1) is 4.92 Å². The molecule has 1 aromatic heterocycles. The summed E-state index contributed by atoms with van der Waals surface area (Å²) in [5, 5.41) is 11.0. The molecule has 0 aliphatic carbocycles. The first-order chi connectivity index (χ1) is 9.54. The molecule has 0 unspecified atom stereocenters. The van der Waals surface area contributed by atoms with Crippen LogP contribution in [0, 0.1) is 17.0 Å². The molecule has 5 nitrogen and oxygen atoms in total. The van der Waals surface area contributed by atoms with Crippen LogP contribution in [0.25, 0.3) is 22.6 Å². The average Bonchev–Trinajstić information content (AvgIpc) is 2.81. The van der Waals surface area contributed by atoms with Crippen LogP contribution in [0.4, 0.5) is 5.69 Å². The molecule has 100 valence electrons. The number of oxazole rings is 1. The van der Waals surface area contributed by atoms with E-state index >= 15 is 0 Å². The Kier molecular flexibility index (Phi) is 2.91. The first kappa shape index (κ1) is 12.6. The van der Waals surface area contributed by atoms with Crippen molar-refractivity contribution in [1.82, 2.24) is 4.98 Å². The van der Waals surface area contributed by atoms with Gasteiger partial charge in [-0.25, -0.2) is 4.98 Å². The van der Waals surface area contributed by atoms with E-state index in [9.17, 15) is 10.1 Å². The third-order valence-corrected chi connectivity index (χ3v) is 3.25. The van der Waals surface area contributed by atoms with E-state index in [4.69, 9.17) is 16.0 Å². The van der Waals surface area contributed by atoms with Gasteiger partial charge < -0.3 is 4.42 Å². The summed E-state index contributed by atoms with van der Waals surface area (Å²) in [5.74, 6) is 0.338. The van der Waals surface area contributed by atoms with Crippen LogP contribution in [0.15, 0.2) is 40.8 Å². The summed E-state index contributed by atoms with van der Waals surface area (Å²) in [7, 11) is 0. The van der Waals surface area contributed by atoms with Gasteiger partial charge in [0.25, 0.3) is 5.69 Å². The first-order valence-corrected chi connectivity index (χ1v) is 6.24. The van der Waals surface area contributed by atoms with Crippen molar-refractivity contribution >= 4 is 28.4 Å². The molecule has 0 radical (unpaired) electrons. The Morgan fingerprint density at radius 1 is 1.25 bits per heavy atom. The van der Waals surface area contributed by atoms with Gasteiger partial charge in [-0.3, -0.25) is 10.1 Å². The molecule has 3 rings (SSSR count). The van der Waals surface area contributed by atoms with Crippen molar-refractivity contribution in [2.24, 2.45) is 0 Å². The number of hydrogen-bond acceptors (Lipinski definition) is 4. The van der Waals surface area contributed by atoms with Crippen molar-refractivity contribution in [3.63, 3.8) is 0 Å². The minimum atomic E-state index is -0.529. The fourth-order valence-corrected chi connectivity index (χ4v) is 2.13. The quantitative estimate of drug-likeness (QED) is 0.519. The molecule has 3 aromatic rings. The highest BCUT2D eigenvalue weighted by atomic mass is 35.5. The van der Waals surface area contributed by atoms with Crippen LogP contribution in [0.5, 0.6) is 0 Å². The van der Waals surface area contributed by atoms with Crippen LogP contribution in [0.3, 0.4) is 0 Å². The van der Waals surface area contributed by atoms with Gasteiger partial charge >= 0.3 is 0 Å². The van der Waals surface area contributed by atoms with Crippen molar-refractivity contribution in [1.29, 1.82) is 0 Å². The van der Waals surface area contributed by atoms with Gasteiger partial charge in [0, 0.05) is 11.6 Å². The second-order valence-corrected chi connectivity index (χ2v) is 4.82. The minimum Gasteiger partial charge on any atom is -0.436 e. The van der Waals surface area contributed by atoms with Crippen LogP contribution in [-0.2, 0) is 0 Å². The van der Waals surface area contributed by atoms with E-state index in [0.717, 1.165) is 11.1 Å². The average molecular weight is 289 g/mol. The molecular weight excluding hydrogens is 280 g/mol. The number of aryl methyl sites for hydroxylation is 1. The lowest BCUT2D eigenvalue weighted by Crippen LogP contribution is -1.89. The van der Waals surface area contributed by atoms with E-state index in [1.54, 1.807) is 6.07 Å². The lowest BCUT2D eigenvalue weighted by Gasteiger charge is -1.97. The monoisotopic (exact) mass is 288 g/mol. The Labute approximate surface area is 119 Å². The summed E-state index contributed by atoms with van der Waals surface area (Å²) in [6.45, 7) is 1.96. The Bertz CT molecular complexity index is 826. The van der Waals surface area contributed by atoms with Gasteiger partial charge in [0.2, 0.25) is 5.89 Å². The van der Waals surface area contributed by atoms with E-state index < -0.39 is 4.92 Å². The largest absolute Gasteiger partial charge is 0.436 e. The summed E-state index contributed by atoms with van der Waals surface area (Å²) in [6, 6.07) is 10.1. The molecule has 0 saturated carbocycles. The van der Waals surface area contributed by atoms with E-state index in [0.29, 0.717) is 17.0 Å². The number of nitro benzene ring substituents is 1. The predicted octanol–water partition coefficient (Wildman–Crippen LogP) is 4.36. The second kappa shape index (κ2) is 4.61. The summed E-state index contributed by atoms with van der Waals surface area (Å²) < 4.78 is 5.61. The fraction of sp³-hybridized carbons (Fsp3) is 0.0714. The van der Waals surface area contributed by atoms with Gasteiger partial charge in [-0.05, 0) is 36.8 Å². The standard InChI is InChI=1S/C14H9ClN2O3/c1-8-2-5-13-11(6-8)16-14(20-13)9-3-4-10(15)12(7-9)17(18)19/h2-7H,1H3. The Morgan fingerprint density at radius 2 is 2.05 bits per heavy atom. The third kappa shape index (κ3) is 2.12. The number of fused-ring (bicyclic) bond motifs is 1. The van der Waals surface area contributed by atoms with Gasteiger partial charge in [0.15, 0.2) is 5.58 Å². The highest BCUT2D eigenvalue weighted by Gasteiger charge is 2.16. The summed E-state index contributed by atoms with van der Waals surface area (Å²) >= 11 is 5.79. The molecule has 0 aliphatic rings. The summed E-state index contributed by atoms with van der Waals surface area (Å²) in [4.78, 5) is 14.7. The van der Waals surface area contributed by atoms with Crippen molar-refractivity contribution in [2.75, 3.05) is 0 Å². The van der Waals surface area contributed by atoms with Crippen LogP contribution >= 0.6 is 11.6 Å². The maximum atomic E-state index is 10.9. The number of hydrogen-bond donors (Lipinski definition) is 0. The molecular formula is C14H9ClN2O3. The number of halogens is 1. The second-order valence-electron chi connectivity index (χ2n) is 4.41. The van der Waals surface area contributed by atoms with Gasteiger partial charge in [-0.15, -0.1) is 0 Å². The van der Waals surface area contributed by atoms with E-state index in [2.05, 4.69) is 4.98 Å². The maximum Gasteiger partial charge on any atom is 0.288 e. The molecule has 20 heavy (non-hydrogen) atoms. The molecule has 2 aromatic carbocycles. The van der Waals surface area contributed by atoms with Crippen molar-refractivity contribution < 1.29 is 9.34 Å². The Morgan fingerprint density at radius 3 is 2.80 bits per heavy atom. The number of nitrogens with zero attached hydrogens (tertiary/aromatic N) is 2. The highest BCUT2D eigenvalue weighted by Crippen LogP contribution is 2.31. The minimum absolute atomic E-state index is 0.0886. The third-order valence-electron chi connectivity index (χ3n) is 2.93. The smallest absolute Gasteiger partial charge is 0.288 e. The number of rotatable bonds is 2. The number of nitro groups is 1. The lowest BCUT2D eigenvalue weighted by atomic mass is 10.2. The SMILES string of the molecule is Cc1ccc2oc(-c3ccc(Cl)c([N+](=O)[O-])c3)nc2c1. The topological polar surface area (TPSA) is 69.2 Å². The fourth-order valence-electron chi connectivity index (χ4n) is 1.95. The molecule has 0 fully saturated rings. The van der Waals surface area contributed by atoms with Crippen LogP contribution < -0.4 is 0 Å². The molecule has 0 aliphatic heterocycles. The number of benzene rings is 2. The van der Waals surface area contributed by atoms with Crippen molar-refractivity contribution in [3.05, 3.63) is 57.1 Å². The number of aromatic nitrogens is 1. The molecule has 0 amide bonds. The summed E-state index contributed by atoms with van der Waals surface area (Å²) in [6.07, 6.45) is 0. The van der Waals surface area contributed by atoms with Crippen molar-refractivity contribution in [2.45, 2.75) is 6.92 Å². The molecule has 6 heteroatoms. The first-order valence-electron chi connectivity index (χ1n) is 5.86. The van der Waals surface area contributed by atoms with Crippen LogP contribution in [-0.4, -0.2) is 9.91 Å². The zero-order valence-electron chi connectivity index (χ0n) is 10.5. The van der Waals surface area contributed by atoms with Gasteiger partial charge in [0.1, 0.15) is 10.5 Å². The zero-order valence-corrected chi connectivity index (χ0v) is 11.2. The maximum absolute atomic E-state index is 10.9. The molecule has 0 saturated heterocycles. The highest BCUT2D eigenvalue weighted by molar-refractivity contribution is 6.32. The normalized spacial score (nSPS) is 10.9. The van der Waals surface area contributed by atoms with E-state index in [-0.39, 0.29) is 10.7 Å². The molecule has 0 spiro atoms. The Hall–Kier alpha value is -2.40. The molecule has 0 atom stereocenters. The summed E-state index contributed by atoms with van der Waals surface area (Å²) in [5.41, 5.74) is 2.79. The van der Waals surface area contributed by atoms with Crippen LogP contribution in [0.1, 0.15) is 5.56 Å². The van der Waals surface area contributed by atoms with Crippen molar-refractivity contribution in [3.8, 4) is 11.5 Å². The molecule has 0 bridgehead atoms.